The molecule has 2 nitrogen and oxygen atoms in total. The Bertz CT molecular complexity index is 133. The van der Waals surface area contributed by atoms with E-state index in [-0.39, 0.29) is 5.57 Å². The number of primary amides is 1. The molecule has 0 aliphatic rings. The standard InChI is InChI=1S/C5H7F2NO/c1-3(5(8)9)2-4(6)7/h4H,1-2H2,(H2,8,9). The molecule has 0 heterocycles. The second-order valence-electron chi connectivity index (χ2n) is 1.56. The zero-order valence-corrected chi connectivity index (χ0v) is 4.73. The van der Waals surface area contributed by atoms with Crippen LogP contribution in [0.2, 0.25) is 0 Å². The first-order chi connectivity index (χ1) is 4.04. The Morgan fingerprint density at radius 1 is 1.67 bits per heavy atom. The number of alkyl halides is 2. The lowest BCUT2D eigenvalue weighted by atomic mass is 10.2. The van der Waals surface area contributed by atoms with E-state index in [4.69, 9.17) is 0 Å². The van der Waals surface area contributed by atoms with Crippen molar-refractivity contribution in [1.82, 2.24) is 0 Å². The molecule has 2 N–H and O–H groups in total. The van der Waals surface area contributed by atoms with Crippen molar-refractivity contribution < 1.29 is 13.6 Å². The number of halogens is 2. The van der Waals surface area contributed by atoms with Gasteiger partial charge in [0.15, 0.2) is 0 Å². The predicted octanol–water partition coefficient (Wildman–Crippen LogP) is 0.683. The van der Waals surface area contributed by atoms with Crippen LogP contribution in [0.5, 0.6) is 0 Å². The minimum atomic E-state index is -2.54. The maximum atomic E-state index is 11.4. The van der Waals surface area contributed by atoms with Crippen LogP contribution >= 0.6 is 0 Å². The zero-order valence-electron chi connectivity index (χ0n) is 4.73. The third-order valence-corrected chi connectivity index (χ3v) is 0.749. The van der Waals surface area contributed by atoms with Gasteiger partial charge >= 0.3 is 0 Å². The molecule has 0 rings (SSSR count). The Morgan fingerprint density at radius 3 is 2.22 bits per heavy atom. The van der Waals surface area contributed by atoms with Crippen LogP contribution in [0.25, 0.3) is 0 Å². The van der Waals surface area contributed by atoms with E-state index in [2.05, 4.69) is 12.3 Å². The van der Waals surface area contributed by atoms with Crippen LogP contribution < -0.4 is 5.73 Å². The highest BCUT2D eigenvalue weighted by atomic mass is 19.3. The van der Waals surface area contributed by atoms with Gasteiger partial charge in [-0.1, -0.05) is 6.58 Å². The molecule has 0 aromatic heterocycles. The lowest BCUT2D eigenvalue weighted by Gasteiger charge is -1.96. The summed E-state index contributed by atoms with van der Waals surface area (Å²) in [5, 5.41) is 0. The molecule has 4 heteroatoms. The molecule has 0 saturated heterocycles. The van der Waals surface area contributed by atoms with Gasteiger partial charge in [0.2, 0.25) is 12.3 Å². The Labute approximate surface area is 51.3 Å². The van der Waals surface area contributed by atoms with E-state index in [0.29, 0.717) is 0 Å². The average molecular weight is 135 g/mol. The fraction of sp³-hybridized carbons (Fsp3) is 0.400. The van der Waals surface area contributed by atoms with Crippen LogP contribution in [0.3, 0.4) is 0 Å². The first kappa shape index (κ1) is 8.07. The lowest BCUT2D eigenvalue weighted by molar-refractivity contribution is -0.115. The van der Waals surface area contributed by atoms with Gasteiger partial charge in [-0.15, -0.1) is 0 Å². The van der Waals surface area contributed by atoms with Crippen LogP contribution in [0, 0.1) is 0 Å². The number of carbonyl (C=O) groups is 1. The van der Waals surface area contributed by atoms with Gasteiger partial charge in [0.25, 0.3) is 0 Å². The Morgan fingerprint density at radius 2 is 2.11 bits per heavy atom. The summed E-state index contributed by atoms with van der Waals surface area (Å²) >= 11 is 0. The molecule has 0 unspecified atom stereocenters. The van der Waals surface area contributed by atoms with Crippen molar-refractivity contribution in [3.05, 3.63) is 12.2 Å². The second-order valence-corrected chi connectivity index (χ2v) is 1.56. The minimum Gasteiger partial charge on any atom is -0.366 e. The van der Waals surface area contributed by atoms with Crippen molar-refractivity contribution in [1.29, 1.82) is 0 Å². The molecule has 0 aromatic carbocycles. The van der Waals surface area contributed by atoms with Gasteiger partial charge in [0.05, 0.1) is 0 Å². The highest BCUT2D eigenvalue weighted by molar-refractivity contribution is 5.91. The predicted molar refractivity (Wildman–Crippen MR) is 29.0 cm³/mol. The minimum absolute atomic E-state index is 0.231. The van der Waals surface area contributed by atoms with E-state index >= 15 is 0 Å². The summed E-state index contributed by atoms with van der Waals surface area (Å²) in [5.74, 6) is -0.865. The molecule has 0 aromatic rings. The summed E-state index contributed by atoms with van der Waals surface area (Å²) in [6.45, 7) is 3.04. The van der Waals surface area contributed by atoms with Crippen LogP contribution in [-0.2, 0) is 4.79 Å². The summed E-state index contributed by atoms with van der Waals surface area (Å²) in [7, 11) is 0. The van der Waals surface area contributed by atoms with Crippen LogP contribution in [0.15, 0.2) is 12.2 Å². The Hall–Kier alpha value is -0.930. The monoisotopic (exact) mass is 135 g/mol. The van der Waals surface area contributed by atoms with Gasteiger partial charge in [-0.3, -0.25) is 4.79 Å². The number of nitrogens with two attached hydrogens (primary N) is 1. The molecular formula is C5H7F2NO. The van der Waals surface area contributed by atoms with E-state index in [9.17, 15) is 13.6 Å². The van der Waals surface area contributed by atoms with Gasteiger partial charge in [-0.05, 0) is 0 Å². The van der Waals surface area contributed by atoms with E-state index < -0.39 is 18.8 Å². The summed E-state index contributed by atoms with van der Waals surface area (Å²) in [5.41, 5.74) is 4.38. The first-order valence-electron chi connectivity index (χ1n) is 2.29. The van der Waals surface area contributed by atoms with Crippen LogP contribution in [0.1, 0.15) is 6.42 Å². The summed E-state index contributed by atoms with van der Waals surface area (Å²) in [6, 6.07) is 0. The molecule has 0 aliphatic heterocycles. The molecule has 0 aliphatic carbocycles. The van der Waals surface area contributed by atoms with Crippen molar-refractivity contribution in [3.63, 3.8) is 0 Å². The number of hydrogen-bond donors (Lipinski definition) is 1. The largest absolute Gasteiger partial charge is 0.366 e. The Balaban J connectivity index is 3.65. The fourth-order valence-corrected chi connectivity index (χ4v) is 0.287. The molecule has 0 fully saturated rings. The first-order valence-corrected chi connectivity index (χ1v) is 2.29. The molecular weight excluding hydrogens is 128 g/mol. The van der Waals surface area contributed by atoms with E-state index in [1.165, 1.54) is 0 Å². The number of hydrogen-bond acceptors (Lipinski definition) is 1. The summed E-state index contributed by atoms with van der Waals surface area (Å²) in [4.78, 5) is 10.0. The smallest absolute Gasteiger partial charge is 0.244 e. The molecule has 9 heavy (non-hydrogen) atoms. The van der Waals surface area contributed by atoms with E-state index in [0.717, 1.165) is 0 Å². The van der Waals surface area contributed by atoms with Crippen molar-refractivity contribution in [2.45, 2.75) is 12.8 Å². The quantitative estimate of drug-likeness (QED) is 0.568. The van der Waals surface area contributed by atoms with Gasteiger partial charge in [0.1, 0.15) is 0 Å². The molecule has 1 amide bonds. The third kappa shape index (κ3) is 3.64. The molecule has 52 valence electrons. The van der Waals surface area contributed by atoms with Crippen molar-refractivity contribution in [2.75, 3.05) is 0 Å². The van der Waals surface area contributed by atoms with Crippen LogP contribution in [-0.4, -0.2) is 12.3 Å². The maximum Gasteiger partial charge on any atom is 0.244 e. The summed E-state index contributed by atoms with van der Waals surface area (Å²) in [6.07, 6.45) is -3.17. The zero-order chi connectivity index (χ0) is 7.44. The highest BCUT2D eigenvalue weighted by Crippen LogP contribution is 2.05. The number of amides is 1. The van der Waals surface area contributed by atoms with Crippen LogP contribution in [0.4, 0.5) is 8.78 Å². The third-order valence-electron chi connectivity index (χ3n) is 0.749. The maximum absolute atomic E-state index is 11.4. The molecule has 0 spiro atoms. The topological polar surface area (TPSA) is 43.1 Å². The molecule has 0 bridgehead atoms. The molecule has 0 saturated carbocycles. The van der Waals surface area contributed by atoms with Gasteiger partial charge in [-0.2, -0.15) is 0 Å². The Kier molecular flexibility index (Phi) is 2.84. The normalized spacial score (nSPS) is 9.67. The molecule has 0 radical (unpaired) electrons. The van der Waals surface area contributed by atoms with Crippen molar-refractivity contribution in [2.24, 2.45) is 5.73 Å². The van der Waals surface area contributed by atoms with Crippen molar-refractivity contribution in [3.8, 4) is 0 Å². The summed E-state index contributed by atoms with van der Waals surface area (Å²) < 4.78 is 22.8. The van der Waals surface area contributed by atoms with Gasteiger partial charge in [0, 0.05) is 12.0 Å². The fourth-order valence-electron chi connectivity index (χ4n) is 0.287. The molecule has 0 atom stereocenters. The highest BCUT2D eigenvalue weighted by Gasteiger charge is 2.08. The van der Waals surface area contributed by atoms with E-state index in [1.807, 2.05) is 0 Å². The van der Waals surface area contributed by atoms with Crippen molar-refractivity contribution >= 4 is 5.91 Å². The number of carbonyl (C=O) groups excluding carboxylic acids is 1. The average Bonchev–Trinajstić information content (AvgIpc) is 1.63. The SMILES string of the molecule is C=C(CC(F)F)C(N)=O. The lowest BCUT2D eigenvalue weighted by Crippen LogP contribution is -2.14. The van der Waals surface area contributed by atoms with E-state index in [1.54, 1.807) is 0 Å². The number of rotatable bonds is 3. The van der Waals surface area contributed by atoms with Gasteiger partial charge in [-0.25, -0.2) is 8.78 Å². The second kappa shape index (κ2) is 3.17. The van der Waals surface area contributed by atoms with Gasteiger partial charge < -0.3 is 5.73 Å².